The van der Waals surface area contributed by atoms with Crippen molar-refractivity contribution in [2.24, 2.45) is 0 Å². The van der Waals surface area contributed by atoms with E-state index < -0.39 is 0 Å². The molecule has 0 bridgehead atoms. The number of nitrogens with one attached hydrogen (secondary N) is 1. The molecule has 2 nitrogen and oxygen atoms in total. The van der Waals surface area contributed by atoms with Crippen LogP contribution in [0.2, 0.25) is 0 Å². The molecule has 0 aromatic carbocycles. The average Bonchev–Trinajstić information content (AvgIpc) is 2.01. The Morgan fingerprint density at radius 2 is 2.27 bits per heavy atom. The van der Waals surface area contributed by atoms with E-state index in [-0.39, 0.29) is 0 Å². The van der Waals surface area contributed by atoms with Gasteiger partial charge in [-0.1, -0.05) is 0 Å². The average molecular weight is 177 g/mol. The van der Waals surface area contributed by atoms with Gasteiger partial charge in [-0.2, -0.15) is 11.8 Å². The maximum absolute atomic E-state index is 4.93. The summed E-state index contributed by atoms with van der Waals surface area (Å²) in [6.45, 7) is 3.99. The van der Waals surface area contributed by atoms with Gasteiger partial charge in [-0.25, -0.2) is 0 Å². The second-order valence-corrected chi connectivity index (χ2v) is 3.62. The highest BCUT2D eigenvalue weighted by Crippen LogP contribution is 1.98. The highest BCUT2D eigenvalue weighted by molar-refractivity contribution is 7.98. The zero-order valence-corrected chi connectivity index (χ0v) is 8.54. The Balaban J connectivity index is 3.02. The lowest BCUT2D eigenvalue weighted by Crippen LogP contribution is -2.29. The zero-order chi connectivity index (χ0) is 8.53. The van der Waals surface area contributed by atoms with Gasteiger partial charge in [0.15, 0.2) is 0 Å². The van der Waals surface area contributed by atoms with Crippen LogP contribution in [-0.2, 0) is 4.74 Å². The van der Waals surface area contributed by atoms with Gasteiger partial charge in [0, 0.05) is 19.7 Å². The smallest absolute Gasteiger partial charge is 0.0587 e. The van der Waals surface area contributed by atoms with Gasteiger partial charge < -0.3 is 10.1 Å². The lowest BCUT2D eigenvalue weighted by molar-refractivity contribution is 0.196. The van der Waals surface area contributed by atoms with E-state index in [1.165, 1.54) is 12.2 Å². The number of methoxy groups -OCH3 is 1. The molecule has 1 unspecified atom stereocenters. The predicted molar refractivity (Wildman–Crippen MR) is 52.3 cm³/mol. The highest BCUT2D eigenvalue weighted by Gasteiger charge is 1.98. The molecule has 1 N–H and O–H groups in total. The van der Waals surface area contributed by atoms with Crippen LogP contribution in [0.25, 0.3) is 0 Å². The summed E-state index contributed by atoms with van der Waals surface area (Å²) in [6, 6.07) is 0.623. The molecule has 0 aliphatic carbocycles. The molecule has 0 amide bonds. The van der Waals surface area contributed by atoms with Crippen molar-refractivity contribution in [1.29, 1.82) is 0 Å². The molecular weight excluding hydrogens is 158 g/mol. The fourth-order valence-electron chi connectivity index (χ4n) is 0.804. The monoisotopic (exact) mass is 177 g/mol. The summed E-state index contributed by atoms with van der Waals surface area (Å²) in [5.41, 5.74) is 0. The Morgan fingerprint density at radius 3 is 2.82 bits per heavy atom. The van der Waals surface area contributed by atoms with Crippen molar-refractivity contribution in [1.82, 2.24) is 5.32 Å². The van der Waals surface area contributed by atoms with Crippen LogP contribution in [0, 0.1) is 0 Å². The minimum Gasteiger partial charge on any atom is -0.383 e. The summed E-state index contributed by atoms with van der Waals surface area (Å²) >= 11 is 1.90. The third-order valence-corrected chi connectivity index (χ3v) is 2.20. The number of ether oxygens (including phenoxy) is 1. The molecule has 0 heterocycles. The summed E-state index contributed by atoms with van der Waals surface area (Å²) in [5, 5.41) is 3.38. The molecule has 0 fully saturated rings. The number of rotatable bonds is 7. The molecule has 0 saturated carbocycles. The van der Waals surface area contributed by atoms with Gasteiger partial charge in [-0.05, 0) is 25.4 Å². The predicted octanol–water partition coefficient (Wildman–Crippen LogP) is 1.36. The van der Waals surface area contributed by atoms with Gasteiger partial charge in [0.05, 0.1) is 6.61 Å². The summed E-state index contributed by atoms with van der Waals surface area (Å²) in [6.07, 6.45) is 3.38. The summed E-state index contributed by atoms with van der Waals surface area (Å²) in [5.74, 6) is 1.24. The number of hydrogen-bond acceptors (Lipinski definition) is 3. The van der Waals surface area contributed by atoms with Crippen molar-refractivity contribution in [3.63, 3.8) is 0 Å². The molecule has 0 aliphatic rings. The first-order chi connectivity index (χ1) is 5.31. The standard InChI is InChI=1S/C8H19NOS/c1-8(4-7-11-3)9-5-6-10-2/h8-9H,4-7H2,1-3H3. The van der Waals surface area contributed by atoms with Crippen LogP contribution in [0.1, 0.15) is 13.3 Å². The zero-order valence-electron chi connectivity index (χ0n) is 7.72. The Morgan fingerprint density at radius 1 is 1.55 bits per heavy atom. The van der Waals surface area contributed by atoms with Gasteiger partial charge >= 0.3 is 0 Å². The lowest BCUT2D eigenvalue weighted by atomic mass is 10.2. The molecule has 3 heteroatoms. The lowest BCUT2D eigenvalue weighted by Gasteiger charge is -2.11. The summed E-state index contributed by atoms with van der Waals surface area (Å²) < 4.78 is 4.93. The third-order valence-electron chi connectivity index (χ3n) is 1.55. The largest absolute Gasteiger partial charge is 0.383 e. The Bertz CT molecular complexity index is 80.5. The van der Waals surface area contributed by atoms with Crippen molar-refractivity contribution in [3.05, 3.63) is 0 Å². The molecule has 1 atom stereocenters. The summed E-state index contributed by atoms with van der Waals surface area (Å²) in [4.78, 5) is 0. The van der Waals surface area contributed by atoms with E-state index in [4.69, 9.17) is 4.74 Å². The fraction of sp³-hybridized carbons (Fsp3) is 1.00. The topological polar surface area (TPSA) is 21.3 Å². The third kappa shape index (κ3) is 8.17. The molecule has 0 saturated heterocycles. The van der Waals surface area contributed by atoms with Crippen LogP contribution in [0.5, 0.6) is 0 Å². The van der Waals surface area contributed by atoms with Crippen LogP contribution in [0.3, 0.4) is 0 Å². The van der Waals surface area contributed by atoms with Crippen LogP contribution >= 0.6 is 11.8 Å². The van der Waals surface area contributed by atoms with Gasteiger partial charge in [0.25, 0.3) is 0 Å². The second-order valence-electron chi connectivity index (χ2n) is 2.63. The van der Waals surface area contributed by atoms with Crippen LogP contribution in [-0.4, -0.2) is 38.3 Å². The van der Waals surface area contributed by atoms with Gasteiger partial charge in [-0.3, -0.25) is 0 Å². The normalized spacial score (nSPS) is 13.4. The van der Waals surface area contributed by atoms with Gasteiger partial charge in [-0.15, -0.1) is 0 Å². The molecule has 68 valence electrons. The van der Waals surface area contributed by atoms with E-state index in [0.29, 0.717) is 6.04 Å². The molecule has 11 heavy (non-hydrogen) atoms. The Kier molecular flexibility index (Phi) is 8.57. The summed E-state index contributed by atoms with van der Waals surface area (Å²) in [7, 11) is 1.73. The molecule has 0 spiro atoms. The van der Waals surface area contributed by atoms with Gasteiger partial charge in [0.2, 0.25) is 0 Å². The van der Waals surface area contributed by atoms with Gasteiger partial charge in [0.1, 0.15) is 0 Å². The maximum Gasteiger partial charge on any atom is 0.0587 e. The molecule has 0 aromatic rings. The number of hydrogen-bond donors (Lipinski definition) is 1. The Labute approximate surface area is 74.1 Å². The van der Waals surface area contributed by atoms with Crippen molar-refractivity contribution in [3.8, 4) is 0 Å². The molecule has 0 aromatic heterocycles. The van der Waals surface area contributed by atoms with Crippen LogP contribution < -0.4 is 5.32 Å². The first kappa shape index (κ1) is 11.3. The van der Waals surface area contributed by atoms with E-state index >= 15 is 0 Å². The van der Waals surface area contributed by atoms with E-state index in [1.54, 1.807) is 7.11 Å². The fourth-order valence-corrected chi connectivity index (χ4v) is 1.39. The highest BCUT2D eigenvalue weighted by atomic mass is 32.2. The molecule has 0 aliphatic heterocycles. The molecule has 0 radical (unpaired) electrons. The van der Waals surface area contributed by atoms with Crippen molar-refractivity contribution in [2.75, 3.05) is 32.3 Å². The van der Waals surface area contributed by atoms with Crippen molar-refractivity contribution < 1.29 is 4.74 Å². The Hall–Kier alpha value is 0.270. The first-order valence-corrected chi connectivity index (χ1v) is 5.42. The minimum atomic E-state index is 0.623. The maximum atomic E-state index is 4.93. The SMILES string of the molecule is COCCNC(C)CCSC. The van der Waals surface area contributed by atoms with Crippen molar-refractivity contribution >= 4 is 11.8 Å². The molecule has 0 rings (SSSR count). The van der Waals surface area contributed by atoms with Crippen LogP contribution in [0.15, 0.2) is 0 Å². The first-order valence-electron chi connectivity index (χ1n) is 4.02. The quantitative estimate of drug-likeness (QED) is 0.593. The van der Waals surface area contributed by atoms with E-state index in [1.807, 2.05) is 11.8 Å². The van der Waals surface area contributed by atoms with Crippen molar-refractivity contribution in [2.45, 2.75) is 19.4 Å². The molecular formula is C8H19NOS. The second kappa shape index (κ2) is 8.37. The number of thioether (sulfide) groups is 1. The van der Waals surface area contributed by atoms with E-state index in [2.05, 4.69) is 18.5 Å². The van der Waals surface area contributed by atoms with E-state index in [0.717, 1.165) is 13.2 Å². The van der Waals surface area contributed by atoms with E-state index in [9.17, 15) is 0 Å². The minimum absolute atomic E-state index is 0.623. The van der Waals surface area contributed by atoms with Crippen LogP contribution in [0.4, 0.5) is 0 Å².